The quantitative estimate of drug-likeness (QED) is 0.766. The third-order valence-electron chi connectivity index (χ3n) is 3.04. The van der Waals surface area contributed by atoms with E-state index in [4.69, 9.17) is 9.47 Å². The van der Waals surface area contributed by atoms with Crippen LogP contribution < -0.4 is 4.74 Å². The molecule has 0 saturated heterocycles. The van der Waals surface area contributed by atoms with Gasteiger partial charge in [0.2, 0.25) is 0 Å². The van der Waals surface area contributed by atoms with E-state index in [9.17, 15) is 9.18 Å². The summed E-state index contributed by atoms with van der Waals surface area (Å²) in [5.41, 5.74) is 0.824. The van der Waals surface area contributed by atoms with Crippen molar-refractivity contribution in [2.45, 2.75) is 32.8 Å². The van der Waals surface area contributed by atoms with Gasteiger partial charge in [0.1, 0.15) is 17.7 Å². The zero-order chi connectivity index (χ0) is 17.1. The highest BCUT2D eigenvalue weighted by Crippen LogP contribution is 2.21. The highest BCUT2D eigenvalue weighted by atomic mass is 19.1. The zero-order valence-corrected chi connectivity index (χ0v) is 13.8. The van der Waals surface area contributed by atoms with Gasteiger partial charge in [0.25, 0.3) is 0 Å². The standard InChI is InChI=1S/C13H17FO3.C6H6/c1-4-13(15)17-9(2)7-10-5-6-11(14)8-12(10)16-3;1-2-4-6-5-3-1/h5-6,8-9H,4,7H2,1-3H3;1-6H. The molecule has 2 rings (SSSR count). The lowest BCUT2D eigenvalue weighted by atomic mass is 10.1. The molecule has 0 aliphatic heterocycles. The maximum atomic E-state index is 13.0. The van der Waals surface area contributed by atoms with Gasteiger partial charge in [0.15, 0.2) is 0 Å². The van der Waals surface area contributed by atoms with Crippen molar-refractivity contribution in [1.29, 1.82) is 0 Å². The second-order valence-corrected chi connectivity index (χ2v) is 4.97. The van der Waals surface area contributed by atoms with E-state index in [0.717, 1.165) is 5.56 Å². The molecule has 0 spiro atoms. The van der Waals surface area contributed by atoms with Gasteiger partial charge in [0, 0.05) is 18.9 Å². The Bertz CT molecular complexity index is 558. The molecule has 0 saturated carbocycles. The number of halogens is 1. The fourth-order valence-electron chi connectivity index (χ4n) is 1.93. The molecule has 0 aromatic heterocycles. The molecule has 0 fully saturated rings. The minimum atomic E-state index is -0.344. The fourth-order valence-corrected chi connectivity index (χ4v) is 1.93. The third-order valence-corrected chi connectivity index (χ3v) is 3.04. The van der Waals surface area contributed by atoms with E-state index in [1.165, 1.54) is 19.2 Å². The minimum Gasteiger partial charge on any atom is -0.496 e. The van der Waals surface area contributed by atoms with Crippen molar-refractivity contribution in [2.24, 2.45) is 0 Å². The van der Waals surface area contributed by atoms with Crippen LogP contribution in [0, 0.1) is 5.82 Å². The summed E-state index contributed by atoms with van der Waals surface area (Å²) in [7, 11) is 1.49. The smallest absolute Gasteiger partial charge is 0.305 e. The maximum Gasteiger partial charge on any atom is 0.305 e. The lowest BCUT2D eigenvalue weighted by Crippen LogP contribution is -2.16. The number of esters is 1. The van der Waals surface area contributed by atoms with Crippen molar-refractivity contribution in [3.8, 4) is 5.75 Å². The Kier molecular flexibility index (Phi) is 8.43. The van der Waals surface area contributed by atoms with Gasteiger partial charge in [-0.25, -0.2) is 4.39 Å². The summed E-state index contributed by atoms with van der Waals surface area (Å²) >= 11 is 0. The molecular weight excluding hydrogens is 295 g/mol. The Balaban J connectivity index is 0.000000366. The van der Waals surface area contributed by atoms with Crippen molar-refractivity contribution in [2.75, 3.05) is 7.11 Å². The molecule has 0 amide bonds. The van der Waals surface area contributed by atoms with Gasteiger partial charge in [0.05, 0.1) is 7.11 Å². The molecule has 0 bridgehead atoms. The Morgan fingerprint density at radius 3 is 2.17 bits per heavy atom. The van der Waals surface area contributed by atoms with Gasteiger partial charge in [-0.2, -0.15) is 0 Å². The van der Waals surface area contributed by atoms with Crippen molar-refractivity contribution in [3.63, 3.8) is 0 Å². The van der Waals surface area contributed by atoms with Crippen LogP contribution >= 0.6 is 0 Å². The second-order valence-electron chi connectivity index (χ2n) is 4.97. The summed E-state index contributed by atoms with van der Waals surface area (Å²) in [5.74, 6) is -0.105. The summed E-state index contributed by atoms with van der Waals surface area (Å²) in [6.07, 6.45) is 0.613. The zero-order valence-electron chi connectivity index (χ0n) is 13.8. The molecular formula is C19H23FO3. The van der Waals surface area contributed by atoms with E-state index in [0.29, 0.717) is 18.6 Å². The molecule has 3 nitrogen and oxygen atoms in total. The average molecular weight is 318 g/mol. The highest BCUT2D eigenvalue weighted by Gasteiger charge is 2.12. The number of ether oxygens (including phenoxy) is 2. The number of hydrogen-bond acceptors (Lipinski definition) is 3. The largest absolute Gasteiger partial charge is 0.496 e. The van der Waals surface area contributed by atoms with Crippen LogP contribution in [0.15, 0.2) is 54.6 Å². The monoisotopic (exact) mass is 318 g/mol. The minimum absolute atomic E-state index is 0.237. The molecule has 2 aromatic carbocycles. The number of carbonyl (C=O) groups is 1. The number of hydrogen-bond donors (Lipinski definition) is 0. The average Bonchev–Trinajstić information content (AvgIpc) is 2.58. The summed E-state index contributed by atoms with van der Waals surface area (Å²) in [6.45, 7) is 3.55. The second kappa shape index (κ2) is 10.4. The van der Waals surface area contributed by atoms with Crippen LogP contribution in [0.3, 0.4) is 0 Å². The normalized spacial score (nSPS) is 11.0. The maximum absolute atomic E-state index is 13.0. The predicted octanol–water partition coefficient (Wildman–Crippen LogP) is 4.41. The lowest BCUT2D eigenvalue weighted by Gasteiger charge is -2.14. The lowest BCUT2D eigenvalue weighted by molar-refractivity contribution is -0.147. The molecule has 0 radical (unpaired) electrons. The number of benzene rings is 2. The SMILES string of the molecule is CCC(=O)OC(C)Cc1ccc(F)cc1OC.c1ccccc1. The van der Waals surface area contributed by atoms with Gasteiger partial charge >= 0.3 is 5.97 Å². The number of methoxy groups -OCH3 is 1. The molecule has 0 aliphatic carbocycles. The first-order valence-electron chi connectivity index (χ1n) is 7.58. The van der Waals surface area contributed by atoms with Gasteiger partial charge in [-0.05, 0) is 18.6 Å². The molecule has 23 heavy (non-hydrogen) atoms. The summed E-state index contributed by atoms with van der Waals surface area (Å²) in [4.78, 5) is 11.1. The molecule has 1 atom stereocenters. The van der Waals surface area contributed by atoms with Crippen LogP contribution in [-0.4, -0.2) is 19.2 Å². The summed E-state index contributed by atoms with van der Waals surface area (Å²) in [6, 6.07) is 16.3. The first-order chi connectivity index (χ1) is 11.1. The van der Waals surface area contributed by atoms with E-state index in [-0.39, 0.29) is 17.9 Å². The van der Waals surface area contributed by atoms with E-state index in [1.807, 2.05) is 36.4 Å². The van der Waals surface area contributed by atoms with Crippen molar-refractivity contribution in [3.05, 3.63) is 66.0 Å². The molecule has 0 heterocycles. The van der Waals surface area contributed by atoms with Crippen LogP contribution in [0.2, 0.25) is 0 Å². The van der Waals surface area contributed by atoms with E-state index >= 15 is 0 Å². The number of carbonyl (C=O) groups excluding carboxylic acids is 1. The van der Waals surface area contributed by atoms with E-state index in [2.05, 4.69) is 0 Å². The van der Waals surface area contributed by atoms with Crippen LogP contribution in [0.25, 0.3) is 0 Å². The fraction of sp³-hybridized carbons (Fsp3) is 0.316. The Hall–Kier alpha value is -2.36. The predicted molar refractivity (Wildman–Crippen MR) is 88.9 cm³/mol. The Morgan fingerprint density at radius 2 is 1.70 bits per heavy atom. The number of rotatable bonds is 5. The Morgan fingerprint density at radius 1 is 1.13 bits per heavy atom. The van der Waals surface area contributed by atoms with Crippen LogP contribution in [0.4, 0.5) is 4.39 Å². The van der Waals surface area contributed by atoms with Crippen molar-refractivity contribution >= 4 is 5.97 Å². The van der Waals surface area contributed by atoms with Crippen LogP contribution in [0.5, 0.6) is 5.75 Å². The topological polar surface area (TPSA) is 35.5 Å². The summed E-state index contributed by atoms with van der Waals surface area (Å²) < 4.78 is 23.2. The molecule has 1 unspecified atom stereocenters. The van der Waals surface area contributed by atoms with Gasteiger partial charge in [-0.3, -0.25) is 4.79 Å². The van der Waals surface area contributed by atoms with E-state index < -0.39 is 0 Å². The molecule has 0 aliphatic rings. The van der Waals surface area contributed by atoms with Crippen LogP contribution in [0.1, 0.15) is 25.8 Å². The molecule has 124 valence electrons. The van der Waals surface area contributed by atoms with E-state index in [1.54, 1.807) is 19.9 Å². The molecule has 4 heteroatoms. The Labute approximate surface area is 137 Å². The third kappa shape index (κ3) is 7.45. The van der Waals surface area contributed by atoms with Crippen molar-refractivity contribution < 1.29 is 18.7 Å². The molecule has 0 N–H and O–H groups in total. The first-order valence-corrected chi connectivity index (χ1v) is 7.58. The van der Waals surface area contributed by atoms with Gasteiger partial charge in [-0.15, -0.1) is 0 Å². The highest BCUT2D eigenvalue weighted by molar-refractivity contribution is 5.69. The van der Waals surface area contributed by atoms with Gasteiger partial charge in [-0.1, -0.05) is 49.4 Å². The van der Waals surface area contributed by atoms with Crippen LogP contribution in [-0.2, 0) is 16.0 Å². The van der Waals surface area contributed by atoms with Crippen molar-refractivity contribution in [1.82, 2.24) is 0 Å². The van der Waals surface area contributed by atoms with Gasteiger partial charge < -0.3 is 9.47 Å². The first kappa shape index (κ1) is 18.7. The summed E-state index contributed by atoms with van der Waals surface area (Å²) in [5, 5.41) is 0. The molecule has 2 aromatic rings.